The number of benzene rings is 3. The summed E-state index contributed by atoms with van der Waals surface area (Å²) in [6.45, 7) is 4.31. The van der Waals surface area contributed by atoms with Gasteiger partial charge in [-0.15, -0.1) is 0 Å². The van der Waals surface area contributed by atoms with E-state index in [1.807, 2.05) is 66.7 Å². The van der Waals surface area contributed by atoms with E-state index in [1.165, 1.54) is 0 Å². The zero-order chi connectivity index (χ0) is 23.6. The summed E-state index contributed by atoms with van der Waals surface area (Å²) in [4.78, 5) is 29.9. The Bertz CT molecular complexity index is 1410. The lowest BCUT2D eigenvalue weighted by molar-refractivity contribution is -0.118. The van der Waals surface area contributed by atoms with Crippen LogP contribution in [0.2, 0.25) is 0 Å². The van der Waals surface area contributed by atoms with Crippen molar-refractivity contribution in [3.8, 4) is 0 Å². The maximum Gasteiger partial charge on any atom is 0.192 e. The molecule has 3 aliphatic rings. The molecule has 2 aliphatic carbocycles. The molecule has 0 aromatic heterocycles. The minimum atomic E-state index is -0.374. The molecule has 4 heteroatoms. The van der Waals surface area contributed by atoms with Crippen molar-refractivity contribution in [1.29, 1.82) is 0 Å². The van der Waals surface area contributed by atoms with Crippen molar-refractivity contribution in [2.45, 2.75) is 32.6 Å². The largest absolute Gasteiger partial charge is 0.313 e. The number of carbonyl (C=O) groups excluding carboxylic acids is 2. The number of hydrogen-bond acceptors (Lipinski definition) is 3. The predicted molar refractivity (Wildman–Crippen MR) is 139 cm³/mol. The molecular formula is C30H24BrNO2. The Labute approximate surface area is 207 Å². The molecule has 3 aromatic rings. The second kappa shape index (κ2) is 7.64. The van der Waals surface area contributed by atoms with Crippen molar-refractivity contribution in [2.75, 3.05) is 4.90 Å². The average molecular weight is 510 g/mol. The third-order valence-corrected chi connectivity index (χ3v) is 7.64. The van der Waals surface area contributed by atoms with Gasteiger partial charge >= 0.3 is 0 Å². The minimum Gasteiger partial charge on any atom is -0.313 e. The number of carbonyl (C=O) groups is 2. The van der Waals surface area contributed by atoms with Gasteiger partial charge < -0.3 is 4.90 Å². The van der Waals surface area contributed by atoms with Gasteiger partial charge in [-0.3, -0.25) is 9.59 Å². The Kier molecular flexibility index (Phi) is 4.79. The van der Waals surface area contributed by atoms with Crippen LogP contribution in [0.1, 0.15) is 54.1 Å². The van der Waals surface area contributed by atoms with Crippen LogP contribution in [-0.4, -0.2) is 11.6 Å². The van der Waals surface area contributed by atoms with Gasteiger partial charge in [-0.05, 0) is 41.7 Å². The van der Waals surface area contributed by atoms with E-state index in [0.717, 1.165) is 44.7 Å². The van der Waals surface area contributed by atoms with Gasteiger partial charge in [0, 0.05) is 50.5 Å². The van der Waals surface area contributed by atoms with E-state index in [9.17, 15) is 9.59 Å². The van der Waals surface area contributed by atoms with Crippen molar-refractivity contribution in [2.24, 2.45) is 5.41 Å². The van der Waals surface area contributed by atoms with Crippen LogP contribution in [0.25, 0.3) is 5.70 Å². The van der Waals surface area contributed by atoms with Gasteiger partial charge in [0.05, 0.1) is 5.70 Å². The van der Waals surface area contributed by atoms with E-state index in [0.29, 0.717) is 17.6 Å². The highest BCUT2D eigenvalue weighted by atomic mass is 79.9. The lowest BCUT2D eigenvalue weighted by Crippen LogP contribution is -2.39. The standard InChI is InChI=1S/C30H24BrNO2/c1-30(2)16-23-26(24(33)17-30)25(18-12-14-19(31)15-13-18)27-28(32(23)20-8-4-3-5-9-20)21-10-6-7-11-22(21)29(27)34/h3-15,25H,16-17H2,1-2H3. The number of allylic oxidation sites excluding steroid dienone is 3. The van der Waals surface area contributed by atoms with Crippen molar-refractivity contribution in [3.63, 3.8) is 0 Å². The van der Waals surface area contributed by atoms with Crippen molar-refractivity contribution in [3.05, 3.63) is 117 Å². The van der Waals surface area contributed by atoms with Crippen molar-refractivity contribution >= 4 is 38.9 Å². The van der Waals surface area contributed by atoms with E-state index >= 15 is 0 Å². The first-order chi connectivity index (χ1) is 16.4. The van der Waals surface area contributed by atoms with Gasteiger partial charge in [-0.25, -0.2) is 0 Å². The van der Waals surface area contributed by atoms with Crippen LogP contribution in [0, 0.1) is 5.41 Å². The SMILES string of the molecule is CC1(C)CC(=O)C2=C(C1)N(c1ccccc1)C1=C(C(=O)c3ccccc31)C2c1ccc(Br)cc1. The quantitative estimate of drug-likeness (QED) is 0.363. The number of rotatable bonds is 2. The summed E-state index contributed by atoms with van der Waals surface area (Å²) in [5, 5.41) is 0. The molecule has 6 rings (SSSR count). The monoisotopic (exact) mass is 509 g/mol. The highest BCUT2D eigenvalue weighted by molar-refractivity contribution is 9.10. The molecule has 0 N–H and O–H groups in total. The minimum absolute atomic E-state index is 0.0173. The summed E-state index contributed by atoms with van der Waals surface area (Å²) >= 11 is 3.53. The topological polar surface area (TPSA) is 37.4 Å². The molecule has 0 amide bonds. The van der Waals surface area contributed by atoms with Crippen LogP contribution in [0.15, 0.2) is 100 Å². The molecule has 0 radical (unpaired) electrons. The number of para-hydroxylation sites is 1. The Hall–Kier alpha value is -3.24. The molecule has 1 aliphatic heterocycles. The summed E-state index contributed by atoms with van der Waals surface area (Å²) in [5.74, 6) is -0.222. The Morgan fingerprint density at radius 1 is 0.794 bits per heavy atom. The van der Waals surface area contributed by atoms with Gasteiger partial charge in [0.2, 0.25) is 0 Å². The number of anilines is 1. The molecule has 1 unspecified atom stereocenters. The van der Waals surface area contributed by atoms with Gasteiger partial charge in [0.15, 0.2) is 11.6 Å². The summed E-state index contributed by atoms with van der Waals surface area (Å²) in [7, 11) is 0. The van der Waals surface area contributed by atoms with Crippen LogP contribution in [-0.2, 0) is 4.79 Å². The van der Waals surface area contributed by atoms with E-state index < -0.39 is 0 Å². The molecule has 0 spiro atoms. The van der Waals surface area contributed by atoms with E-state index in [-0.39, 0.29) is 22.9 Å². The summed E-state index contributed by atoms with van der Waals surface area (Å²) in [6, 6.07) is 26.0. The molecule has 0 fully saturated rings. The third kappa shape index (κ3) is 3.16. The Morgan fingerprint density at radius 2 is 1.44 bits per heavy atom. The molecule has 168 valence electrons. The van der Waals surface area contributed by atoms with E-state index in [1.54, 1.807) is 0 Å². The van der Waals surface area contributed by atoms with Crippen LogP contribution >= 0.6 is 15.9 Å². The fourth-order valence-electron chi connectivity index (χ4n) is 5.75. The average Bonchev–Trinajstić information content (AvgIpc) is 3.11. The molecule has 3 aromatic carbocycles. The van der Waals surface area contributed by atoms with E-state index in [2.05, 4.69) is 46.8 Å². The molecule has 3 nitrogen and oxygen atoms in total. The number of hydrogen-bond donors (Lipinski definition) is 0. The number of fused-ring (bicyclic) bond motifs is 2. The van der Waals surface area contributed by atoms with E-state index in [4.69, 9.17) is 0 Å². The summed E-state index contributed by atoms with van der Waals surface area (Å²) in [6.07, 6.45) is 1.24. The fraction of sp³-hybridized carbons (Fsp3) is 0.200. The van der Waals surface area contributed by atoms with Gasteiger partial charge in [-0.1, -0.05) is 84.4 Å². The van der Waals surface area contributed by atoms with Crippen LogP contribution in [0.5, 0.6) is 0 Å². The number of ketones is 2. The van der Waals surface area contributed by atoms with Crippen LogP contribution < -0.4 is 4.90 Å². The normalized spacial score (nSPS) is 20.9. The Balaban J connectivity index is 1.70. The number of Topliss-reactive ketones (excluding diaryl/α,β-unsaturated/α-hetero) is 2. The Morgan fingerprint density at radius 3 is 2.15 bits per heavy atom. The number of halogens is 1. The molecule has 1 heterocycles. The first kappa shape index (κ1) is 21.3. The highest BCUT2D eigenvalue weighted by Gasteiger charge is 2.49. The molecule has 0 saturated carbocycles. The lowest BCUT2D eigenvalue weighted by Gasteiger charge is -2.44. The van der Waals surface area contributed by atoms with Gasteiger partial charge in [0.1, 0.15) is 0 Å². The molecular weight excluding hydrogens is 486 g/mol. The first-order valence-electron chi connectivity index (χ1n) is 11.6. The third-order valence-electron chi connectivity index (χ3n) is 7.11. The predicted octanol–water partition coefficient (Wildman–Crippen LogP) is 7.30. The zero-order valence-corrected chi connectivity index (χ0v) is 20.7. The molecule has 34 heavy (non-hydrogen) atoms. The smallest absolute Gasteiger partial charge is 0.192 e. The lowest BCUT2D eigenvalue weighted by atomic mass is 9.68. The molecule has 1 atom stereocenters. The highest BCUT2D eigenvalue weighted by Crippen LogP contribution is 2.56. The van der Waals surface area contributed by atoms with Crippen LogP contribution in [0.3, 0.4) is 0 Å². The van der Waals surface area contributed by atoms with Crippen LogP contribution in [0.4, 0.5) is 5.69 Å². The van der Waals surface area contributed by atoms with Gasteiger partial charge in [-0.2, -0.15) is 0 Å². The van der Waals surface area contributed by atoms with Gasteiger partial charge in [0.25, 0.3) is 0 Å². The maximum absolute atomic E-state index is 13.9. The molecule has 0 saturated heterocycles. The maximum atomic E-state index is 13.9. The summed E-state index contributed by atoms with van der Waals surface area (Å²) in [5.41, 5.74) is 6.86. The van der Waals surface area contributed by atoms with Crippen molar-refractivity contribution < 1.29 is 9.59 Å². The zero-order valence-electron chi connectivity index (χ0n) is 19.1. The van der Waals surface area contributed by atoms with Crippen molar-refractivity contribution in [1.82, 2.24) is 0 Å². The fourth-order valence-corrected chi connectivity index (χ4v) is 6.02. The number of nitrogens with zero attached hydrogens (tertiary/aromatic N) is 1. The second-order valence-electron chi connectivity index (χ2n) is 10.1. The molecule has 0 bridgehead atoms. The summed E-state index contributed by atoms with van der Waals surface area (Å²) < 4.78 is 0.971. The second-order valence-corrected chi connectivity index (χ2v) is 11.0. The first-order valence-corrected chi connectivity index (χ1v) is 12.4.